The maximum atomic E-state index is 12.4. The second kappa shape index (κ2) is 8.01. The zero-order valence-electron chi connectivity index (χ0n) is 13.1. The van der Waals surface area contributed by atoms with Crippen LogP contribution in [-0.2, 0) is 6.61 Å². The molecule has 3 aromatic rings. The average Bonchev–Trinajstić information content (AvgIpc) is 2.64. The summed E-state index contributed by atoms with van der Waals surface area (Å²) in [4.78, 5) is 16.6. The molecule has 0 unspecified atom stereocenters. The molecular formula is C19H14Cl2N2O2. The summed E-state index contributed by atoms with van der Waals surface area (Å²) in [6, 6.07) is 17.9. The minimum atomic E-state index is -0.346. The largest absolute Gasteiger partial charge is 0.485 e. The lowest BCUT2D eigenvalue weighted by molar-refractivity contribution is 0.102. The van der Waals surface area contributed by atoms with Gasteiger partial charge < -0.3 is 10.1 Å². The van der Waals surface area contributed by atoms with Crippen molar-refractivity contribution in [1.82, 2.24) is 4.98 Å². The van der Waals surface area contributed by atoms with Crippen LogP contribution in [0.4, 0.5) is 5.82 Å². The van der Waals surface area contributed by atoms with Gasteiger partial charge in [-0.15, -0.1) is 0 Å². The first-order valence-electron chi connectivity index (χ1n) is 7.51. The molecule has 0 aliphatic carbocycles. The number of amides is 1. The highest BCUT2D eigenvalue weighted by atomic mass is 35.5. The van der Waals surface area contributed by atoms with Crippen LogP contribution >= 0.6 is 23.2 Å². The van der Waals surface area contributed by atoms with Crippen LogP contribution in [0.5, 0.6) is 5.75 Å². The summed E-state index contributed by atoms with van der Waals surface area (Å²) in [7, 11) is 0. The Bertz CT molecular complexity index is 886. The maximum Gasteiger partial charge on any atom is 0.256 e. The van der Waals surface area contributed by atoms with Crippen LogP contribution in [0.15, 0.2) is 66.9 Å². The number of hydrogen-bond acceptors (Lipinski definition) is 3. The zero-order valence-corrected chi connectivity index (χ0v) is 14.6. The van der Waals surface area contributed by atoms with Gasteiger partial charge in [0.1, 0.15) is 6.61 Å². The van der Waals surface area contributed by atoms with Crippen molar-refractivity contribution >= 4 is 34.9 Å². The molecule has 1 amide bonds. The van der Waals surface area contributed by atoms with Gasteiger partial charge >= 0.3 is 0 Å². The number of rotatable bonds is 5. The monoisotopic (exact) mass is 372 g/mol. The van der Waals surface area contributed by atoms with E-state index in [4.69, 9.17) is 27.9 Å². The van der Waals surface area contributed by atoms with Gasteiger partial charge in [0, 0.05) is 11.8 Å². The number of aromatic nitrogens is 1. The molecule has 0 atom stereocenters. The molecule has 0 aliphatic heterocycles. The first kappa shape index (κ1) is 17.3. The predicted molar refractivity (Wildman–Crippen MR) is 99.4 cm³/mol. The molecule has 126 valence electrons. The van der Waals surface area contributed by atoms with E-state index in [0.717, 1.165) is 5.56 Å². The number of anilines is 1. The van der Waals surface area contributed by atoms with Gasteiger partial charge in [0.2, 0.25) is 0 Å². The van der Waals surface area contributed by atoms with Gasteiger partial charge in [0.15, 0.2) is 11.6 Å². The van der Waals surface area contributed by atoms with Crippen molar-refractivity contribution in [3.8, 4) is 5.75 Å². The third kappa shape index (κ3) is 4.50. The molecule has 3 rings (SSSR count). The number of carbonyl (C=O) groups is 1. The summed E-state index contributed by atoms with van der Waals surface area (Å²) in [6.45, 7) is 0.377. The van der Waals surface area contributed by atoms with E-state index < -0.39 is 0 Å². The number of hydrogen-bond donors (Lipinski definition) is 1. The van der Waals surface area contributed by atoms with Crippen LogP contribution in [0.3, 0.4) is 0 Å². The van der Waals surface area contributed by atoms with Crippen LogP contribution in [0.1, 0.15) is 15.9 Å². The van der Waals surface area contributed by atoms with Gasteiger partial charge in [-0.2, -0.15) is 0 Å². The SMILES string of the molecule is O=C(Nc1ncccc1OCc1ccccc1)c1ccc(Cl)c(Cl)c1. The molecule has 4 nitrogen and oxygen atoms in total. The lowest BCUT2D eigenvalue weighted by Crippen LogP contribution is -2.14. The molecule has 1 heterocycles. The van der Waals surface area contributed by atoms with Crippen molar-refractivity contribution in [1.29, 1.82) is 0 Å². The van der Waals surface area contributed by atoms with Crippen LogP contribution in [-0.4, -0.2) is 10.9 Å². The van der Waals surface area contributed by atoms with Gasteiger partial charge in [-0.25, -0.2) is 4.98 Å². The molecular weight excluding hydrogens is 359 g/mol. The number of ether oxygens (including phenoxy) is 1. The first-order chi connectivity index (χ1) is 12.1. The van der Waals surface area contributed by atoms with Crippen molar-refractivity contribution < 1.29 is 9.53 Å². The van der Waals surface area contributed by atoms with Gasteiger partial charge in [0.25, 0.3) is 5.91 Å². The Labute approximate surface area is 155 Å². The Balaban J connectivity index is 1.74. The van der Waals surface area contributed by atoms with Crippen molar-refractivity contribution in [2.45, 2.75) is 6.61 Å². The third-order valence-electron chi connectivity index (χ3n) is 3.42. The quantitative estimate of drug-likeness (QED) is 0.667. The smallest absolute Gasteiger partial charge is 0.256 e. The Kier molecular flexibility index (Phi) is 5.53. The third-order valence-corrected chi connectivity index (χ3v) is 4.16. The summed E-state index contributed by atoms with van der Waals surface area (Å²) in [5.41, 5.74) is 1.40. The highest BCUT2D eigenvalue weighted by Gasteiger charge is 2.12. The van der Waals surface area contributed by atoms with E-state index in [2.05, 4.69) is 10.3 Å². The number of halogens is 2. The van der Waals surface area contributed by atoms with E-state index in [1.165, 1.54) is 6.07 Å². The van der Waals surface area contributed by atoms with Crippen LogP contribution in [0.25, 0.3) is 0 Å². The highest BCUT2D eigenvalue weighted by Crippen LogP contribution is 2.25. The second-order valence-corrected chi connectivity index (χ2v) is 6.02. The molecule has 6 heteroatoms. The number of pyridine rings is 1. The molecule has 2 aromatic carbocycles. The summed E-state index contributed by atoms with van der Waals surface area (Å²) in [5, 5.41) is 3.44. The second-order valence-electron chi connectivity index (χ2n) is 5.21. The Morgan fingerprint density at radius 2 is 1.80 bits per heavy atom. The zero-order chi connectivity index (χ0) is 17.6. The standard InChI is InChI=1S/C19H14Cl2N2O2/c20-15-9-8-14(11-16(15)21)19(24)23-18-17(7-4-10-22-18)25-12-13-5-2-1-3-6-13/h1-11H,12H2,(H,22,23,24). The van der Waals surface area contributed by atoms with Crippen molar-refractivity contribution in [2.24, 2.45) is 0 Å². The van der Waals surface area contributed by atoms with Crippen LogP contribution < -0.4 is 10.1 Å². The number of carbonyl (C=O) groups excluding carboxylic acids is 1. The molecule has 0 spiro atoms. The van der Waals surface area contributed by atoms with Gasteiger partial charge in [-0.3, -0.25) is 4.79 Å². The predicted octanol–water partition coefficient (Wildman–Crippen LogP) is 5.22. The molecule has 0 radical (unpaired) electrons. The number of nitrogens with zero attached hydrogens (tertiary/aromatic N) is 1. The van der Waals surface area contributed by atoms with Crippen LogP contribution in [0, 0.1) is 0 Å². The number of nitrogens with one attached hydrogen (secondary N) is 1. The van der Waals surface area contributed by atoms with E-state index in [1.807, 2.05) is 30.3 Å². The number of benzene rings is 2. The molecule has 25 heavy (non-hydrogen) atoms. The Morgan fingerprint density at radius 3 is 2.56 bits per heavy atom. The van der Waals surface area contributed by atoms with Crippen LogP contribution in [0.2, 0.25) is 10.0 Å². The van der Waals surface area contributed by atoms with E-state index in [-0.39, 0.29) is 5.91 Å². The lowest BCUT2D eigenvalue weighted by atomic mass is 10.2. The molecule has 0 saturated heterocycles. The molecule has 1 N–H and O–H groups in total. The average molecular weight is 373 g/mol. The van der Waals surface area contributed by atoms with Crippen molar-refractivity contribution in [2.75, 3.05) is 5.32 Å². The van der Waals surface area contributed by atoms with Crippen molar-refractivity contribution in [3.63, 3.8) is 0 Å². The van der Waals surface area contributed by atoms with Crippen molar-refractivity contribution in [3.05, 3.63) is 88.0 Å². The van der Waals surface area contributed by atoms with Gasteiger partial charge in [0.05, 0.1) is 10.0 Å². The fraction of sp³-hybridized carbons (Fsp3) is 0.0526. The fourth-order valence-corrected chi connectivity index (χ4v) is 2.45. The highest BCUT2D eigenvalue weighted by molar-refractivity contribution is 6.42. The molecule has 0 fully saturated rings. The van der Waals surface area contributed by atoms with Gasteiger partial charge in [-0.1, -0.05) is 53.5 Å². The van der Waals surface area contributed by atoms with E-state index in [9.17, 15) is 4.79 Å². The minimum Gasteiger partial charge on any atom is -0.485 e. The fourth-order valence-electron chi connectivity index (χ4n) is 2.15. The summed E-state index contributed by atoms with van der Waals surface area (Å²) >= 11 is 11.8. The minimum absolute atomic E-state index is 0.316. The van der Waals surface area contributed by atoms with Gasteiger partial charge in [-0.05, 0) is 35.9 Å². The summed E-state index contributed by atoms with van der Waals surface area (Å²) in [6.07, 6.45) is 1.58. The Hall–Kier alpha value is -2.56. The summed E-state index contributed by atoms with van der Waals surface area (Å²) in [5.74, 6) is 0.482. The van der Waals surface area contributed by atoms with E-state index in [0.29, 0.717) is 33.8 Å². The molecule has 0 aliphatic rings. The Morgan fingerprint density at radius 1 is 1.00 bits per heavy atom. The maximum absolute atomic E-state index is 12.4. The molecule has 1 aromatic heterocycles. The molecule has 0 bridgehead atoms. The first-order valence-corrected chi connectivity index (χ1v) is 8.27. The summed E-state index contributed by atoms with van der Waals surface area (Å²) < 4.78 is 5.78. The normalized spacial score (nSPS) is 10.3. The lowest BCUT2D eigenvalue weighted by Gasteiger charge is -2.12. The van der Waals surface area contributed by atoms with E-state index >= 15 is 0 Å². The topological polar surface area (TPSA) is 51.2 Å². The molecule has 0 saturated carbocycles. The van der Waals surface area contributed by atoms with E-state index in [1.54, 1.807) is 30.5 Å².